The van der Waals surface area contributed by atoms with Crippen LogP contribution in [0.4, 0.5) is 4.39 Å². The second-order valence-electron chi connectivity index (χ2n) is 3.81. The highest BCUT2D eigenvalue weighted by atomic mass is 79.9. The first-order valence-corrected chi connectivity index (χ1v) is 6.13. The molecular formula is C12H13BrFN3. The Bertz CT molecular complexity index is 510. The third kappa shape index (κ3) is 3.14. The fourth-order valence-corrected chi connectivity index (χ4v) is 2.09. The summed E-state index contributed by atoms with van der Waals surface area (Å²) in [5.41, 5.74) is 7.46. The molecule has 0 saturated heterocycles. The minimum absolute atomic E-state index is 0.241. The lowest BCUT2D eigenvalue weighted by Crippen LogP contribution is -2.03. The molecule has 0 aliphatic carbocycles. The molecule has 1 heterocycles. The van der Waals surface area contributed by atoms with E-state index in [0.717, 1.165) is 22.2 Å². The van der Waals surface area contributed by atoms with Crippen molar-refractivity contribution in [1.82, 2.24) is 9.55 Å². The van der Waals surface area contributed by atoms with Crippen LogP contribution < -0.4 is 5.73 Å². The fraction of sp³-hybridized carbons (Fsp3) is 0.250. The lowest BCUT2D eigenvalue weighted by molar-refractivity contribution is 0.625. The summed E-state index contributed by atoms with van der Waals surface area (Å²) in [7, 11) is 0. The topological polar surface area (TPSA) is 43.8 Å². The number of nitrogens with two attached hydrogens (primary N) is 1. The minimum Gasteiger partial charge on any atom is -0.333 e. The van der Waals surface area contributed by atoms with Gasteiger partial charge in [0.15, 0.2) is 0 Å². The molecule has 0 atom stereocenters. The van der Waals surface area contributed by atoms with Crippen LogP contribution in [0.3, 0.4) is 0 Å². The van der Waals surface area contributed by atoms with Gasteiger partial charge in [0.05, 0.1) is 12.0 Å². The second kappa shape index (κ2) is 5.42. The summed E-state index contributed by atoms with van der Waals surface area (Å²) in [6.45, 7) is 1.26. The number of benzene rings is 1. The van der Waals surface area contributed by atoms with Crippen molar-refractivity contribution in [1.29, 1.82) is 0 Å². The molecule has 0 radical (unpaired) electrons. The normalized spacial score (nSPS) is 10.8. The highest BCUT2D eigenvalue weighted by molar-refractivity contribution is 9.10. The lowest BCUT2D eigenvalue weighted by Gasteiger charge is -2.05. The molecule has 1 aromatic heterocycles. The molecule has 0 amide bonds. The first kappa shape index (κ1) is 12.3. The van der Waals surface area contributed by atoms with Crippen LogP contribution in [0.2, 0.25) is 0 Å². The van der Waals surface area contributed by atoms with Crippen LogP contribution in [0.5, 0.6) is 0 Å². The number of rotatable bonds is 4. The van der Waals surface area contributed by atoms with E-state index in [9.17, 15) is 4.39 Å². The van der Waals surface area contributed by atoms with Gasteiger partial charge in [0.1, 0.15) is 5.82 Å². The maximum absolute atomic E-state index is 12.9. The average Bonchev–Trinajstić information content (AvgIpc) is 2.71. The SMILES string of the molecule is NCCc1cn(Cc2ccc(F)cc2Br)cn1. The number of imidazole rings is 1. The predicted octanol–water partition coefficient (Wildman–Crippen LogP) is 2.33. The zero-order chi connectivity index (χ0) is 12.3. The third-order valence-electron chi connectivity index (χ3n) is 2.46. The number of nitrogens with zero attached hydrogens (tertiary/aromatic N) is 2. The minimum atomic E-state index is -0.241. The molecule has 0 spiro atoms. The molecular weight excluding hydrogens is 285 g/mol. The van der Waals surface area contributed by atoms with E-state index < -0.39 is 0 Å². The highest BCUT2D eigenvalue weighted by Crippen LogP contribution is 2.19. The van der Waals surface area contributed by atoms with E-state index in [4.69, 9.17) is 5.73 Å². The lowest BCUT2D eigenvalue weighted by atomic mass is 10.2. The van der Waals surface area contributed by atoms with Crippen LogP contribution in [0.15, 0.2) is 35.2 Å². The Labute approximate surface area is 108 Å². The number of hydrogen-bond acceptors (Lipinski definition) is 2. The summed E-state index contributed by atoms with van der Waals surface area (Å²) < 4.78 is 15.7. The molecule has 2 rings (SSSR count). The standard InChI is InChI=1S/C12H13BrFN3/c13-12-5-10(14)2-1-9(12)6-17-7-11(3-4-15)16-8-17/h1-2,5,7-8H,3-4,6,15H2. The van der Waals surface area contributed by atoms with Crippen molar-refractivity contribution in [3.05, 3.63) is 52.3 Å². The molecule has 1 aromatic carbocycles. The third-order valence-corrected chi connectivity index (χ3v) is 3.19. The molecule has 0 saturated carbocycles. The zero-order valence-electron chi connectivity index (χ0n) is 9.24. The molecule has 2 N–H and O–H groups in total. The Morgan fingerprint density at radius 3 is 2.94 bits per heavy atom. The van der Waals surface area contributed by atoms with E-state index in [0.29, 0.717) is 13.1 Å². The summed E-state index contributed by atoms with van der Waals surface area (Å²) in [6.07, 6.45) is 4.50. The van der Waals surface area contributed by atoms with Crippen LogP contribution in [0.25, 0.3) is 0 Å². The zero-order valence-corrected chi connectivity index (χ0v) is 10.8. The van der Waals surface area contributed by atoms with Gasteiger partial charge in [-0.25, -0.2) is 9.37 Å². The van der Waals surface area contributed by atoms with Gasteiger partial charge in [-0.2, -0.15) is 0 Å². The molecule has 2 aromatic rings. The molecule has 0 bridgehead atoms. The van der Waals surface area contributed by atoms with Crippen LogP contribution in [-0.2, 0) is 13.0 Å². The van der Waals surface area contributed by atoms with Crippen LogP contribution in [0, 0.1) is 5.82 Å². The Kier molecular flexibility index (Phi) is 3.91. The average molecular weight is 298 g/mol. The quantitative estimate of drug-likeness (QED) is 0.941. The Hall–Kier alpha value is -1.20. The molecule has 0 fully saturated rings. The van der Waals surface area contributed by atoms with Gasteiger partial charge < -0.3 is 10.3 Å². The van der Waals surface area contributed by atoms with Gasteiger partial charge in [-0.1, -0.05) is 22.0 Å². The first-order valence-electron chi connectivity index (χ1n) is 5.33. The number of aromatic nitrogens is 2. The van der Waals surface area contributed by atoms with Gasteiger partial charge in [0.25, 0.3) is 0 Å². The maximum atomic E-state index is 12.9. The van der Waals surface area contributed by atoms with Crippen molar-refractivity contribution in [2.24, 2.45) is 5.73 Å². The fourth-order valence-electron chi connectivity index (χ4n) is 1.62. The monoisotopic (exact) mass is 297 g/mol. The van der Waals surface area contributed by atoms with E-state index in [1.807, 2.05) is 10.8 Å². The molecule has 0 aliphatic heterocycles. The van der Waals surface area contributed by atoms with Crippen molar-refractivity contribution in [2.45, 2.75) is 13.0 Å². The van der Waals surface area contributed by atoms with Gasteiger partial charge >= 0.3 is 0 Å². The van der Waals surface area contributed by atoms with E-state index in [2.05, 4.69) is 20.9 Å². The van der Waals surface area contributed by atoms with Crippen LogP contribution in [0.1, 0.15) is 11.3 Å². The van der Waals surface area contributed by atoms with E-state index in [1.165, 1.54) is 12.1 Å². The van der Waals surface area contributed by atoms with Gasteiger partial charge in [-0.3, -0.25) is 0 Å². The summed E-state index contributed by atoms with van der Waals surface area (Å²) in [4.78, 5) is 4.24. The van der Waals surface area contributed by atoms with E-state index in [1.54, 1.807) is 12.4 Å². The van der Waals surface area contributed by atoms with Gasteiger partial charge in [0, 0.05) is 23.6 Å². The second-order valence-corrected chi connectivity index (χ2v) is 4.67. The van der Waals surface area contributed by atoms with E-state index >= 15 is 0 Å². The largest absolute Gasteiger partial charge is 0.333 e. The van der Waals surface area contributed by atoms with Crippen LogP contribution in [-0.4, -0.2) is 16.1 Å². The predicted molar refractivity (Wildman–Crippen MR) is 68.2 cm³/mol. The first-order chi connectivity index (χ1) is 8.19. The number of hydrogen-bond donors (Lipinski definition) is 1. The van der Waals surface area contributed by atoms with Crippen molar-refractivity contribution < 1.29 is 4.39 Å². The Morgan fingerprint density at radius 1 is 1.41 bits per heavy atom. The maximum Gasteiger partial charge on any atom is 0.124 e. The summed E-state index contributed by atoms with van der Waals surface area (Å²) in [5.74, 6) is -0.241. The molecule has 0 unspecified atom stereocenters. The molecule has 17 heavy (non-hydrogen) atoms. The van der Waals surface area contributed by atoms with Crippen LogP contribution >= 0.6 is 15.9 Å². The van der Waals surface area contributed by atoms with Crippen molar-refractivity contribution >= 4 is 15.9 Å². The summed E-state index contributed by atoms with van der Waals surface area (Å²) in [6, 6.07) is 4.69. The molecule has 0 aliphatic rings. The van der Waals surface area contributed by atoms with Gasteiger partial charge in [-0.05, 0) is 24.2 Å². The Balaban J connectivity index is 2.13. The Morgan fingerprint density at radius 2 is 2.24 bits per heavy atom. The molecule has 90 valence electrons. The van der Waals surface area contributed by atoms with Crippen molar-refractivity contribution in [2.75, 3.05) is 6.54 Å². The number of halogens is 2. The molecule has 5 heteroatoms. The van der Waals surface area contributed by atoms with Crippen molar-refractivity contribution in [3.8, 4) is 0 Å². The highest BCUT2D eigenvalue weighted by Gasteiger charge is 2.03. The van der Waals surface area contributed by atoms with Gasteiger partial charge in [0.2, 0.25) is 0 Å². The summed E-state index contributed by atoms with van der Waals surface area (Å²) >= 11 is 3.35. The van der Waals surface area contributed by atoms with E-state index in [-0.39, 0.29) is 5.82 Å². The summed E-state index contributed by atoms with van der Waals surface area (Å²) in [5, 5.41) is 0. The smallest absolute Gasteiger partial charge is 0.124 e. The van der Waals surface area contributed by atoms with Crippen molar-refractivity contribution in [3.63, 3.8) is 0 Å². The van der Waals surface area contributed by atoms with Gasteiger partial charge in [-0.15, -0.1) is 0 Å². The molecule has 3 nitrogen and oxygen atoms in total.